The molecule has 0 unspecified atom stereocenters. The summed E-state index contributed by atoms with van der Waals surface area (Å²) in [6.45, 7) is 3.85. The van der Waals surface area contributed by atoms with E-state index in [1.54, 1.807) is 12.1 Å². The summed E-state index contributed by atoms with van der Waals surface area (Å²) >= 11 is 1.87. The summed E-state index contributed by atoms with van der Waals surface area (Å²) in [6.07, 6.45) is -4.63. The fourth-order valence-corrected chi connectivity index (χ4v) is 2.27. The van der Waals surface area contributed by atoms with E-state index in [1.807, 2.05) is 36.4 Å². The Bertz CT molecular complexity index is 347. The average Bonchev–Trinajstić information content (AvgIpc) is 2.05. The molecule has 0 amide bonds. The molecule has 0 aliphatic heterocycles. The molecule has 0 aromatic heterocycles. The molecule has 15 heavy (non-hydrogen) atoms. The van der Waals surface area contributed by atoms with Gasteiger partial charge in [0, 0.05) is 0 Å². The van der Waals surface area contributed by atoms with E-state index < -0.39 is 6.36 Å². The summed E-state index contributed by atoms with van der Waals surface area (Å²) in [5.41, 5.74) is 0.859. The minimum Gasteiger partial charge on any atom is -0.405 e. The van der Waals surface area contributed by atoms with E-state index in [1.165, 1.54) is 6.07 Å². The van der Waals surface area contributed by atoms with Crippen LogP contribution in [-0.4, -0.2) is 6.36 Å². The van der Waals surface area contributed by atoms with Crippen LogP contribution in [-0.2, 0) is 0 Å². The summed E-state index contributed by atoms with van der Waals surface area (Å²) in [5.74, 6) is 0.0444. The predicted octanol–water partition coefficient (Wildman–Crippen LogP) is 4.31. The van der Waals surface area contributed by atoms with Gasteiger partial charge in [-0.3, -0.25) is 0 Å². The SMILES string of the molecule is CC(C)c1cccc(OC(F)(F)F)c1I. The van der Waals surface area contributed by atoms with Crippen molar-refractivity contribution in [3.05, 3.63) is 27.3 Å². The van der Waals surface area contributed by atoms with Crippen molar-refractivity contribution in [3.63, 3.8) is 0 Å². The van der Waals surface area contributed by atoms with Gasteiger partial charge >= 0.3 is 6.36 Å². The zero-order valence-electron chi connectivity index (χ0n) is 8.23. The van der Waals surface area contributed by atoms with Gasteiger partial charge < -0.3 is 4.74 Å². The number of benzene rings is 1. The number of ether oxygens (including phenoxy) is 1. The van der Waals surface area contributed by atoms with E-state index in [2.05, 4.69) is 4.74 Å². The zero-order chi connectivity index (χ0) is 11.6. The standard InChI is InChI=1S/C10H10F3IO/c1-6(2)7-4-3-5-8(9(7)14)15-10(11,12)13/h3-6H,1-2H3. The van der Waals surface area contributed by atoms with Crippen LogP contribution in [0.5, 0.6) is 5.75 Å². The quantitative estimate of drug-likeness (QED) is 0.734. The highest BCUT2D eigenvalue weighted by atomic mass is 127. The highest BCUT2D eigenvalue weighted by molar-refractivity contribution is 14.1. The zero-order valence-corrected chi connectivity index (χ0v) is 10.4. The molecule has 0 N–H and O–H groups in total. The van der Waals surface area contributed by atoms with E-state index in [9.17, 15) is 13.2 Å². The fourth-order valence-electron chi connectivity index (χ4n) is 1.18. The van der Waals surface area contributed by atoms with Gasteiger partial charge in [0.1, 0.15) is 5.75 Å². The van der Waals surface area contributed by atoms with E-state index in [4.69, 9.17) is 0 Å². The highest BCUT2D eigenvalue weighted by Gasteiger charge is 2.32. The molecule has 0 saturated carbocycles. The summed E-state index contributed by atoms with van der Waals surface area (Å²) in [4.78, 5) is 0. The Labute approximate surface area is 99.8 Å². The molecule has 1 aromatic carbocycles. The molecule has 1 rings (SSSR count). The van der Waals surface area contributed by atoms with Crippen LogP contribution in [0.1, 0.15) is 25.3 Å². The molecular weight excluding hydrogens is 320 g/mol. The number of hydrogen-bond donors (Lipinski definition) is 0. The summed E-state index contributed by atoms with van der Waals surface area (Å²) < 4.78 is 40.5. The Balaban J connectivity index is 3.05. The average molecular weight is 330 g/mol. The number of halogens is 4. The first kappa shape index (κ1) is 12.6. The van der Waals surface area contributed by atoms with E-state index >= 15 is 0 Å². The van der Waals surface area contributed by atoms with Crippen molar-refractivity contribution >= 4 is 22.6 Å². The second-order valence-corrected chi connectivity index (χ2v) is 4.44. The maximum atomic E-state index is 12.0. The minimum absolute atomic E-state index is 0.130. The smallest absolute Gasteiger partial charge is 0.405 e. The monoisotopic (exact) mass is 330 g/mol. The third-order valence-electron chi connectivity index (χ3n) is 1.84. The Morgan fingerprint density at radius 3 is 2.33 bits per heavy atom. The lowest BCUT2D eigenvalue weighted by Gasteiger charge is -2.14. The first-order valence-electron chi connectivity index (χ1n) is 4.35. The molecule has 0 spiro atoms. The van der Waals surface area contributed by atoms with Crippen molar-refractivity contribution in [1.82, 2.24) is 0 Å². The molecule has 1 aromatic rings. The summed E-state index contributed by atoms with van der Waals surface area (Å²) in [7, 11) is 0. The molecule has 0 heterocycles. The van der Waals surface area contributed by atoms with Crippen LogP contribution < -0.4 is 4.74 Å². The van der Waals surface area contributed by atoms with Crippen LogP contribution in [0.2, 0.25) is 0 Å². The van der Waals surface area contributed by atoms with Crippen molar-refractivity contribution in [2.75, 3.05) is 0 Å². The number of alkyl halides is 3. The maximum Gasteiger partial charge on any atom is 0.573 e. The highest BCUT2D eigenvalue weighted by Crippen LogP contribution is 2.32. The maximum absolute atomic E-state index is 12.0. The fraction of sp³-hybridized carbons (Fsp3) is 0.400. The third-order valence-corrected chi connectivity index (χ3v) is 3.00. The van der Waals surface area contributed by atoms with Gasteiger partial charge in [0.25, 0.3) is 0 Å². The molecular formula is C10H10F3IO. The predicted molar refractivity (Wildman–Crippen MR) is 59.9 cm³/mol. The number of rotatable bonds is 2. The first-order valence-corrected chi connectivity index (χ1v) is 5.43. The van der Waals surface area contributed by atoms with Gasteiger partial charge in [-0.15, -0.1) is 13.2 Å². The molecule has 0 fully saturated rings. The lowest BCUT2D eigenvalue weighted by molar-refractivity contribution is -0.275. The lowest BCUT2D eigenvalue weighted by atomic mass is 10.0. The van der Waals surface area contributed by atoms with Crippen LogP contribution in [0.25, 0.3) is 0 Å². The Hall–Kier alpha value is -0.460. The van der Waals surface area contributed by atoms with Crippen molar-refractivity contribution in [3.8, 4) is 5.75 Å². The third kappa shape index (κ3) is 3.55. The van der Waals surface area contributed by atoms with Gasteiger partial charge in [0.15, 0.2) is 0 Å². The van der Waals surface area contributed by atoms with Crippen LogP contribution >= 0.6 is 22.6 Å². The molecule has 0 aliphatic rings. The van der Waals surface area contributed by atoms with Crippen LogP contribution in [0.15, 0.2) is 18.2 Å². The van der Waals surface area contributed by atoms with Gasteiger partial charge in [-0.1, -0.05) is 26.0 Å². The van der Waals surface area contributed by atoms with Gasteiger partial charge in [0.05, 0.1) is 3.57 Å². The Morgan fingerprint density at radius 1 is 1.27 bits per heavy atom. The lowest BCUT2D eigenvalue weighted by Crippen LogP contribution is -2.18. The summed E-state index contributed by atoms with van der Waals surface area (Å²) in [6, 6.07) is 4.69. The molecule has 0 saturated heterocycles. The first-order chi connectivity index (χ1) is 6.81. The molecule has 0 aliphatic carbocycles. The molecule has 0 radical (unpaired) electrons. The topological polar surface area (TPSA) is 9.23 Å². The molecule has 1 nitrogen and oxygen atoms in total. The normalized spacial score (nSPS) is 11.9. The van der Waals surface area contributed by atoms with Crippen LogP contribution in [0.4, 0.5) is 13.2 Å². The van der Waals surface area contributed by atoms with Crippen molar-refractivity contribution in [2.45, 2.75) is 26.1 Å². The molecule has 0 atom stereocenters. The van der Waals surface area contributed by atoms with E-state index in [0.717, 1.165) is 5.56 Å². The van der Waals surface area contributed by atoms with Gasteiger partial charge in [-0.25, -0.2) is 0 Å². The Kier molecular flexibility index (Phi) is 3.86. The Morgan fingerprint density at radius 2 is 1.87 bits per heavy atom. The number of hydrogen-bond acceptors (Lipinski definition) is 1. The van der Waals surface area contributed by atoms with Gasteiger partial charge in [-0.2, -0.15) is 0 Å². The largest absolute Gasteiger partial charge is 0.573 e. The molecule has 0 bridgehead atoms. The summed E-state index contributed by atoms with van der Waals surface area (Å²) in [5, 5.41) is 0. The second-order valence-electron chi connectivity index (χ2n) is 3.36. The van der Waals surface area contributed by atoms with Crippen LogP contribution in [0, 0.1) is 3.57 Å². The molecule has 5 heteroatoms. The van der Waals surface area contributed by atoms with Crippen LogP contribution in [0.3, 0.4) is 0 Å². The van der Waals surface area contributed by atoms with E-state index in [-0.39, 0.29) is 11.7 Å². The second kappa shape index (κ2) is 4.59. The van der Waals surface area contributed by atoms with E-state index in [0.29, 0.717) is 3.57 Å². The van der Waals surface area contributed by atoms with Crippen molar-refractivity contribution in [1.29, 1.82) is 0 Å². The minimum atomic E-state index is -4.63. The molecule has 84 valence electrons. The van der Waals surface area contributed by atoms with Crippen molar-refractivity contribution in [2.24, 2.45) is 0 Å². The van der Waals surface area contributed by atoms with Crippen molar-refractivity contribution < 1.29 is 17.9 Å². The van der Waals surface area contributed by atoms with Gasteiger partial charge in [0.2, 0.25) is 0 Å². The van der Waals surface area contributed by atoms with Gasteiger partial charge in [-0.05, 0) is 40.1 Å².